The van der Waals surface area contributed by atoms with Crippen LogP contribution in [0.25, 0.3) is 0 Å². The van der Waals surface area contributed by atoms with Gasteiger partial charge in [-0.15, -0.1) is 0 Å². The van der Waals surface area contributed by atoms with Crippen molar-refractivity contribution in [2.45, 2.75) is 78.9 Å². The molecule has 0 aliphatic rings. The normalized spacial score (nSPS) is 15.0. The molecule has 1 unspecified atom stereocenters. The van der Waals surface area contributed by atoms with E-state index in [0.29, 0.717) is 18.0 Å². The summed E-state index contributed by atoms with van der Waals surface area (Å²) in [4.78, 5) is 2.57. The molecule has 0 aliphatic carbocycles. The molecular weight excluding hydrogens is 208 g/mol. The molecule has 2 heteroatoms. The molecule has 104 valence electrons. The van der Waals surface area contributed by atoms with Crippen LogP contribution >= 0.6 is 0 Å². The molecule has 0 aromatic rings. The van der Waals surface area contributed by atoms with Crippen LogP contribution in [0.1, 0.15) is 61.3 Å². The van der Waals surface area contributed by atoms with Crippen LogP contribution in [0.4, 0.5) is 0 Å². The summed E-state index contributed by atoms with van der Waals surface area (Å²) in [6.45, 7) is 17.0. The summed E-state index contributed by atoms with van der Waals surface area (Å²) in [7, 11) is 2.28. The Morgan fingerprint density at radius 3 is 1.82 bits per heavy atom. The second kappa shape index (κ2) is 7.38. The maximum atomic E-state index is 3.65. The van der Waals surface area contributed by atoms with Gasteiger partial charge in [0.15, 0.2) is 0 Å². The van der Waals surface area contributed by atoms with E-state index in [4.69, 9.17) is 0 Å². The Morgan fingerprint density at radius 1 is 1.06 bits per heavy atom. The highest BCUT2D eigenvalue weighted by Gasteiger charge is 2.24. The Morgan fingerprint density at radius 2 is 1.53 bits per heavy atom. The Labute approximate surface area is 109 Å². The van der Waals surface area contributed by atoms with E-state index >= 15 is 0 Å². The third kappa shape index (κ3) is 6.42. The predicted molar refractivity (Wildman–Crippen MR) is 78.5 cm³/mol. The molecule has 0 saturated heterocycles. The summed E-state index contributed by atoms with van der Waals surface area (Å²) in [5.41, 5.74) is 0.210. The first-order valence-electron chi connectivity index (χ1n) is 7.19. The lowest BCUT2D eigenvalue weighted by atomic mass is 9.98. The number of likely N-dealkylation sites (N-methyl/N-ethyl adjacent to an activating group) is 1. The molecule has 0 aromatic heterocycles. The van der Waals surface area contributed by atoms with Crippen molar-refractivity contribution in [1.29, 1.82) is 0 Å². The van der Waals surface area contributed by atoms with Gasteiger partial charge >= 0.3 is 0 Å². The summed E-state index contributed by atoms with van der Waals surface area (Å²) in [5.74, 6) is 0.690. The van der Waals surface area contributed by atoms with Crippen molar-refractivity contribution >= 4 is 0 Å². The van der Waals surface area contributed by atoms with Gasteiger partial charge in [-0.3, -0.25) is 4.90 Å². The molecule has 1 N–H and O–H groups in total. The fourth-order valence-electron chi connectivity index (χ4n) is 2.40. The minimum atomic E-state index is 0.210. The molecule has 0 fully saturated rings. The van der Waals surface area contributed by atoms with Crippen LogP contribution in [-0.4, -0.2) is 36.1 Å². The zero-order chi connectivity index (χ0) is 13.6. The quantitative estimate of drug-likeness (QED) is 0.735. The first-order valence-corrected chi connectivity index (χ1v) is 7.19. The second-order valence-corrected chi connectivity index (χ2v) is 6.58. The van der Waals surface area contributed by atoms with Crippen molar-refractivity contribution in [2.75, 3.05) is 13.6 Å². The molecular formula is C15H34N2. The van der Waals surface area contributed by atoms with Crippen LogP contribution in [0.5, 0.6) is 0 Å². The molecule has 0 aromatic carbocycles. The number of rotatable bonds is 7. The van der Waals surface area contributed by atoms with E-state index in [2.05, 4.69) is 65.7 Å². The average Bonchev–Trinajstić information content (AvgIpc) is 2.17. The molecule has 17 heavy (non-hydrogen) atoms. The maximum Gasteiger partial charge on any atom is 0.0243 e. The molecule has 0 bridgehead atoms. The third-order valence-corrected chi connectivity index (χ3v) is 3.65. The van der Waals surface area contributed by atoms with Crippen molar-refractivity contribution < 1.29 is 0 Å². The summed E-state index contributed by atoms with van der Waals surface area (Å²) in [5, 5.41) is 3.65. The summed E-state index contributed by atoms with van der Waals surface area (Å²) >= 11 is 0. The van der Waals surface area contributed by atoms with E-state index in [1.807, 2.05) is 0 Å². The summed E-state index contributed by atoms with van der Waals surface area (Å²) in [6.07, 6.45) is 2.48. The largest absolute Gasteiger partial charge is 0.311 e. The highest BCUT2D eigenvalue weighted by atomic mass is 15.2. The minimum Gasteiger partial charge on any atom is -0.311 e. The van der Waals surface area contributed by atoms with Gasteiger partial charge in [0.2, 0.25) is 0 Å². The van der Waals surface area contributed by atoms with Gasteiger partial charge in [0.05, 0.1) is 0 Å². The third-order valence-electron chi connectivity index (χ3n) is 3.65. The van der Waals surface area contributed by atoms with Crippen molar-refractivity contribution in [1.82, 2.24) is 10.2 Å². The Bertz CT molecular complexity index is 190. The van der Waals surface area contributed by atoms with E-state index in [9.17, 15) is 0 Å². The van der Waals surface area contributed by atoms with E-state index in [0.717, 1.165) is 6.54 Å². The minimum absolute atomic E-state index is 0.210. The van der Waals surface area contributed by atoms with Crippen molar-refractivity contribution in [3.8, 4) is 0 Å². The Hall–Kier alpha value is -0.0800. The summed E-state index contributed by atoms with van der Waals surface area (Å²) < 4.78 is 0. The fourth-order valence-corrected chi connectivity index (χ4v) is 2.40. The molecule has 1 atom stereocenters. The van der Waals surface area contributed by atoms with Crippen molar-refractivity contribution in [2.24, 2.45) is 5.92 Å². The molecule has 2 nitrogen and oxygen atoms in total. The van der Waals surface area contributed by atoms with Crippen molar-refractivity contribution in [3.63, 3.8) is 0 Å². The van der Waals surface area contributed by atoms with Gasteiger partial charge in [-0.05, 0) is 46.6 Å². The standard InChI is InChI=1S/C15H34N2/c1-9-13(10-2)17(8)14(12(3)4)11-16-15(5,6)7/h12-14,16H,9-11H2,1-8H3. The number of nitrogens with one attached hydrogen (secondary N) is 1. The van der Waals surface area contributed by atoms with Gasteiger partial charge in [-0.2, -0.15) is 0 Å². The van der Waals surface area contributed by atoms with E-state index in [1.165, 1.54) is 12.8 Å². The highest BCUT2D eigenvalue weighted by molar-refractivity contribution is 4.82. The van der Waals surface area contributed by atoms with Gasteiger partial charge in [0, 0.05) is 24.2 Å². The van der Waals surface area contributed by atoms with Gasteiger partial charge in [0.25, 0.3) is 0 Å². The van der Waals surface area contributed by atoms with Gasteiger partial charge in [0.1, 0.15) is 0 Å². The molecule has 0 rings (SSSR count). The number of nitrogens with zero attached hydrogens (tertiary/aromatic N) is 1. The van der Waals surface area contributed by atoms with Gasteiger partial charge < -0.3 is 5.32 Å². The molecule has 0 amide bonds. The second-order valence-electron chi connectivity index (χ2n) is 6.58. The fraction of sp³-hybridized carbons (Fsp3) is 1.00. The first kappa shape index (κ1) is 16.9. The van der Waals surface area contributed by atoms with E-state index < -0.39 is 0 Å². The molecule has 0 spiro atoms. The SMILES string of the molecule is CCC(CC)N(C)C(CNC(C)(C)C)C(C)C. The zero-order valence-electron chi connectivity index (χ0n) is 13.3. The molecule has 0 saturated carbocycles. The molecule has 0 radical (unpaired) electrons. The number of hydrogen-bond acceptors (Lipinski definition) is 2. The van der Waals surface area contributed by atoms with Crippen LogP contribution in [0.3, 0.4) is 0 Å². The smallest absolute Gasteiger partial charge is 0.0243 e. The lowest BCUT2D eigenvalue weighted by molar-refractivity contribution is 0.120. The predicted octanol–water partition coefficient (Wildman–Crippen LogP) is 3.52. The first-order chi connectivity index (χ1) is 7.72. The topological polar surface area (TPSA) is 15.3 Å². The lowest BCUT2D eigenvalue weighted by Gasteiger charge is -2.38. The molecule has 0 heterocycles. The van der Waals surface area contributed by atoms with Gasteiger partial charge in [-0.1, -0.05) is 27.7 Å². The summed E-state index contributed by atoms with van der Waals surface area (Å²) in [6, 6.07) is 1.34. The van der Waals surface area contributed by atoms with Crippen molar-refractivity contribution in [3.05, 3.63) is 0 Å². The monoisotopic (exact) mass is 242 g/mol. The number of hydrogen-bond donors (Lipinski definition) is 1. The van der Waals surface area contributed by atoms with Crippen LogP contribution < -0.4 is 5.32 Å². The van der Waals surface area contributed by atoms with Crippen LogP contribution in [0, 0.1) is 5.92 Å². The van der Waals surface area contributed by atoms with E-state index in [1.54, 1.807) is 0 Å². The maximum absolute atomic E-state index is 3.65. The van der Waals surface area contributed by atoms with Crippen LogP contribution in [0.2, 0.25) is 0 Å². The van der Waals surface area contributed by atoms with Crippen LogP contribution in [0.15, 0.2) is 0 Å². The van der Waals surface area contributed by atoms with E-state index in [-0.39, 0.29) is 5.54 Å². The Balaban J connectivity index is 4.51. The molecule has 0 aliphatic heterocycles. The Kier molecular flexibility index (Phi) is 7.34. The van der Waals surface area contributed by atoms with Gasteiger partial charge in [-0.25, -0.2) is 0 Å². The average molecular weight is 242 g/mol. The van der Waals surface area contributed by atoms with Crippen LogP contribution in [-0.2, 0) is 0 Å². The lowest BCUT2D eigenvalue weighted by Crippen LogP contribution is -2.51. The zero-order valence-corrected chi connectivity index (χ0v) is 13.3. The highest BCUT2D eigenvalue weighted by Crippen LogP contribution is 2.16.